The van der Waals surface area contributed by atoms with E-state index in [2.05, 4.69) is 72.3 Å². The molecule has 18 heavy (non-hydrogen) atoms. The van der Waals surface area contributed by atoms with E-state index in [1.807, 2.05) is 0 Å². The largest absolute Gasteiger partial charge is 0.0765 e. The number of aryl methyl sites for hydroxylation is 1. The number of hydrogen-bond acceptors (Lipinski definition) is 0. The van der Waals surface area contributed by atoms with Crippen LogP contribution in [-0.2, 0) is 6.42 Å². The Morgan fingerprint density at radius 2 is 1.67 bits per heavy atom. The van der Waals surface area contributed by atoms with E-state index in [4.69, 9.17) is 0 Å². The molecule has 0 saturated heterocycles. The molecule has 1 aliphatic carbocycles. The molecule has 0 bridgehead atoms. The first kappa shape index (κ1) is 11.7. The Bertz CT molecular complexity index is 633. The molecule has 0 fully saturated rings. The van der Waals surface area contributed by atoms with Crippen LogP contribution in [0, 0.1) is 6.92 Å². The van der Waals surface area contributed by atoms with Gasteiger partial charge in [-0.2, -0.15) is 0 Å². The fourth-order valence-electron chi connectivity index (χ4n) is 2.60. The van der Waals surface area contributed by atoms with Crippen LogP contribution in [-0.4, -0.2) is 0 Å². The average Bonchev–Trinajstić information content (AvgIpc) is 2.73. The van der Waals surface area contributed by atoms with Crippen LogP contribution < -0.4 is 0 Å². The number of hydrogen-bond donors (Lipinski definition) is 0. The van der Waals surface area contributed by atoms with Crippen molar-refractivity contribution in [2.45, 2.75) is 20.3 Å². The summed E-state index contributed by atoms with van der Waals surface area (Å²) in [6, 6.07) is 13.2. The lowest BCUT2D eigenvalue weighted by Crippen LogP contribution is -1.91. The van der Waals surface area contributed by atoms with E-state index < -0.39 is 0 Å². The minimum atomic E-state index is 1.05. The van der Waals surface area contributed by atoms with Gasteiger partial charge < -0.3 is 0 Å². The van der Waals surface area contributed by atoms with Crippen LogP contribution in [0.5, 0.6) is 0 Å². The highest BCUT2D eigenvalue weighted by Gasteiger charge is 2.17. The van der Waals surface area contributed by atoms with Crippen LogP contribution in [0.2, 0.25) is 0 Å². The quantitative estimate of drug-likeness (QED) is 0.663. The van der Waals surface area contributed by atoms with Gasteiger partial charge in [0.1, 0.15) is 0 Å². The zero-order chi connectivity index (χ0) is 12.7. The molecular weight excluding hydrogens is 284 g/mol. The summed E-state index contributed by atoms with van der Waals surface area (Å²) in [5, 5.41) is 0. The highest BCUT2D eigenvalue weighted by molar-refractivity contribution is 9.10. The highest BCUT2D eigenvalue weighted by Crippen LogP contribution is 2.39. The molecule has 0 saturated carbocycles. The third-order valence-corrected chi connectivity index (χ3v) is 4.30. The number of benzene rings is 2. The van der Waals surface area contributed by atoms with Crippen molar-refractivity contribution in [2.24, 2.45) is 0 Å². The van der Waals surface area contributed by atoms with Crippen molar-refractivity contribution < 1.29 is 0 Å². The van der Waals surface area contributed by atoms with Crippen molar-refractivity contribution in [3.8, 4) is 11.1 Å². The van der Waals surface area contributed by atoms with E-state index in [9.17, 15) is 0 Å². The minimum Gasteiger partial charge on any atom is -0.0765 e. The maximum atomic E-state index is 3.70. The normalized spacial score (nSPS) is 13.4. The Kier molecular flexibility index (Phi) is 2.87. The SMILES string of the molecule is CC1=CCc2c1ccc(Br)c2-c1ccc(C)cc1. The summed E-state index contributed by atoms with van der Waals surface area (Å²) in [6.45, 7) is 4.32. The predicted molar refractivity (Wildman–Crippen MR) is 81.7 cm³/mol. The molecule has 0 N–H and O–H groups in total. The summed E-state index contributed by atoms with van der Waals surface area (Å²) in [5.41, 5.74) is 8.19. The summed E-state index contributed by atoms with van der Waals surface area (Å²) in [5.74, 6) is 0. The van der Waals surface area contributed by atoms with Gasteiger partial charge in [0, 0.05) is 4.47 Å². The van der Waals surface area contributed by atoms with Gasteiger partial charge in [-0.05, 0) is 54.2 Å². The zero-order valence-electron chi connectivity index (χ0n) is 10.6. The molecule has 0 atom stereocenters. The summed E-state index contributed by atoms with van der Waals surface area (Å²) < 4.78 is 1.19. The Labute approximate surface area is 116 Å². The lowest BCUT2D eigenvalue weighted by Gasteiger charge is -2.12. The van der Waals surface area contributed by atoms with Gasteiger partial charge in [-0.1, -0.05) is 57.9 Å². The van der Waals surface area contributed by atoms with Crippen molar-refractivity contribution in [3.63, 3.8) is 0 Å². The van der Waals surface area contributed by atoms with Gasteiger partial charge >= 0.3 is 0 Å². The number of fused-ring (bicyclic) bond motifs is 1. The van der Waals surface area contributed by atoms with Gasteiger partial charge in [0.15, 0.2) is 0 Å². The van der Waals surface area contributed by atoms with Gasteiger partial charge in [0.05, 0.1) is 0 Å². The Morgan fingerprint density at radius 3 is 2.39 bits per heavy atom. The van der Waals surface area contributed by atoms with E-state index >= 15 is 0 Å². The second-order valence-electron chi connectivity index (χ2n) is 4.91. The maximum absolute atomic E-state index is 3.70. The predicted octanol–water partition coefficient (Wildman–Crippen LogP) is 5.38. The fourth-order valence-corrected chi connectivity index (χ4v) is 3.20. The number of rotatable bonds is 1. The molecular formula is C17H15Br. The molecule has 0 nitrogen and oxygen atoms in total. The maximum Gasteiger partial charge on any atom is 0.0257 e. The smallest absolute Gasteiger partial charge is 0.0257 e. The van der Waals surface area contributed by atoms with Crippen molar-refractivity contribution in [1.29, 1.82) is 0 Å². The third-order valence-electron chi connectivity index (χ3n) is 3.64. The molecule has 0 radical (unpaired) electrons. The van der Waals surface area contributed by atoms with E-state index in [0.29, 0.717) is 0 Å². The minimum absolute atomic E-state index is 1.05. The molecule has 2 aromatic rings. The van der Waals surface area contributed by atoms with Crippen molar-refractivity contribution in [1.82, 2.24) is 0 Å². The standard InChI is InChI=1S/C17H15Br/c1-11-3-6-13(7-4-11)17-15-8-5-12(2)14(15)9-10-16(17)18/h3-7,9-10H,8H2,1-2H3. The van der Waals surface area contributed by atoms with Gasteiger partial charge in [0.2, 0.25) is 0 Å². The Balaban J connectivity index is 2.22. The molecule has 0 aliphatic heterocycles. The van der Waals surface area contributed by atoms with Crippen LogP contribution in [0.3, 0.4) is 0 Å². The molecule has 0 heterocycles. The molecule has 2 aromatic carbocycles. The van der Waals surface area contributed by atoms with Crippen LogP contribution >= 0.6 is 15.9 Å². The first-order valence-corrected chi connectivity index (χ1v) is 7.01. The van der Waals surface area contributed by atoms with Gasteiger partial charge in [-0.15, -0.1) is 0 Å². The molecule has 3 rings (SSSR count). The molecule has 0 aromatic heterocycles. The number of allylic oxidation sites excluding steroid dienone is 2. The molecule has 1 heteroatoms. The summed E-state index contributed by atoms with van der Waals surface area (Å²) in [6.07, 6.45) is 3.36. The van der Waals surface area contributed by atoms with Crippen molar-refractivity contribution in [2.75, 3.05) is 0 Å². The third kappa shape index (κ3) is 1.83. The van der Waals surface area contributed by atoms with E-state index in [0.717, 1.165) is 6.42 Å². The van der Waals surface area contributed by atoms with Gasteiger partial charge in [-0.3, -0.25) is 0 Å². The second-order valence-corrected chi connectivity index (χ2v) is 5.76. The van der Waals surface area contributed by atoms with Crippen molar-refractivity contribution >= 4 is 21.5 Å². The topological polar surface area (TPSA) is 0 Å². The highest BCUT2D eigenvalue weighted by atomic mass is 79.9. The summed E-state index contributed by atoms with van der Waals surface area (Å²) in [4.78, 5) is 0. The molecule has 0 spiro atoms. The zero-order valence-corrected chi connectivity index (χ0v) is 12.2. The van der Waals surface area contributed by atoms with Crippen LogP contribution in [0.4, 0.5) is 0 Å². The molecule has 0 amide bonds. The van der Waals surface area contributed by atoms with Crippen LogP contribution in [0.15, 0.2) is 46.9 Å². The molecule has 0 unspecified atom stereocenters. The van der Waals surface area contributed by atoms with E-state index in [1.54, 1.807) is 0 Å². The monoisotopic (exact) mass is 298 g/mol. The van der Waals surface area contributed by atoms with E-state index in [1.165, 1.54) is 37.9 Å². The van der Waals surface area contributed by atoms with Crippen molar-refractivity contribution in [3.05, 3.63) is 63.6 Å². The van der Waals surface area contributed by atoms with Crippen LogP contribution in [0.1, 0.15) is 23.6 Å². The molecule has 90 valence electrons. The lowest BCUT2D eigenvalue weighted by molar-refractivity contribution is 1.30. The lowest BCUT2D eigenvalue weighted by atomic mass is 9.95. The summed E-state index contributed by atoms with van der Waals surface area (Å²) in [7, 11) is 0. The second kappa shape index (κ2) is 4.40. The van der Waals surface area contributed by atoms with Gasteiger partial charge in [0.25, 0.3) is 0 Å². The summed E-state index contributed by atoms with van der Waals surface area (Å²) >= 11 is 3.70. The van der Waals surface area contributed by atoms with E-state index in [-0.39, 0.29) is 0 Å². The Morgan fingerprint density at radius 1 is 0.944 bits per heavy atom. The van der Waals surface area contributed by atoms with Gasteiger partial charge in [-0.25, -0.2) is 0 Å². The fraction of sp³-hybridized carbons (Fsp3) is 0.176. The van der Waals surface area contributed by atoms with Crippen LogP contribution in [0.25, 0.3) is 16.7 Å². The Hall–Kier alpha value is -1.34. The number of halogens is 1. The average molecular weight is 299 g/mol. The first-order chi connectivity index (χ1) is 8.66. The molecule has 1 aliphatic rings. The first-order valence-electron chi connectivity index (χ1n) is 6.22.